The van der Waals surface area contributed by atoms with Crippen LogP contribution < -0.4 is 5.32 Å². The first-order valence-corrected chi connectivity index (χ1v) is 8.27. The van der Waals surface area contributed by atoms with E-state index in [2.05, 4.69) is 59.5 Å². The molecule has 0 aliphatic carbocycles. The summed E-state index contributed by atoms with van der Waals surface area (Å²) in [7, 11) is 2.05. The number of rotatable bonds is 3. The summed E-state index contributed by atoms with van der Waals surface area (Å²) in [6.45, 7) is 0. The van der Waals surface area contributed by atoms with Gasteiger partial charge in [-0.05, 0) is 17.7 Å². The van der Waals surface area contributed by atoms with Crippen LogP contribution in [0.5, 0.6) is 0 Å². The molecular weight excluding hydrogens is 316 g/mol. The largest absolute Gasteiger partial charge is 0.353 e. The van der Waals surface area contributed by atoms with Gasteiger partial charge in [0.05, 0.1) is 16.4 Å². The maximum absolute atomic E-state index is 6.68. The molecule has 3 heteroatoms. The molecule has 1 heterocycles. The molecule has 0 saturated carbocycles. The van der Waals surface area contributed by atoms with Gasteiger partial charge < -0.3 is 9.88 Å². The molecule has 3 aromatic carbocycles. The number of aromatic nitrogens is 1. The van der Waals surface area contributed by atoms with E-state index >= 15 is 0 Å². The minimum Gasteiger partial charge on any atom is -0.353 e. The predicted molar refractivity (Wildman–Crippen MR) is 103 cm³/mol. The van der Waals surface area contributed by atoms with E-state index in [-0.39, 0.29) is 0 Å². The van der Waals surface area contributed by atoms with Gasteiger partial charge in [-0.2, -0.15) is 0 Å². The van der Waals surface area contributed by atoms with E-state index < -0.39 is 0 Å². The molecule has 0 radical (unpaired) electrons. The van der Waals surface area contributed by atoms with Gasteiger partial charge >= 0.3 is 0 Å². The Morgan fingerprint density at radius 3 is 2.38 bits per heavy atom. The SMILES string of the molecule is Cn1cc(Nc2cccc(-c3ccccc3)c2Cl)c2ccccc21. The van der Waals surface area contributed by atoms with Crippen LogP contribution >= 0.6 is 11.6 Å². The molecule has 0 amide bonds. The fourth-order valence-electron chi connectivity index (χ4n) is 3.06. The van der Waals surface area contributed by atoms with Crippen molar-refractivity contribution >= 4 is 33.9 Å². The Bertz CT molecular complexity index is 1000. The number of halogens is 1. The molecule has 0 atom stereocenters. The first-order valence-electron chi connectivity index (χ1n) is 7.89. The molecule has 4 rings (SSSR count). The highest BCUT2D eigenvalue weighted by Crippen LogP contribution is 2.36. The van der Waals surface area contributed by atoms with Crippen LogP contribution in [0, 0.1) is 0 Å². The topological polar surface area (TPSA) is 17.0 Å². The molecule has 0 bridgehead atoms. The lowest BCUT2D eigenvalue weighted by molar-refractivity contribution is 0.970. The van der Waals surface area contributed by atoms with Gasteiger partial charge in [-0.15, -0.1) is 0 Å². The second kappa shape index (κ2) is 6.06. The van der Waals surface area contributed by atoms with Gasteiger partial charge in [-0.1, -0.05) is 72.3 Å². The molecule has 1 N–H and O–H groups in total. The Morgan fingerprint density at radius 1 is 0.792 bits per heavy atom. The molecule has 0 unspecified atom stereocenters. The summed E-state index contributed by atoms with van der Waals surface area (Å²) >= 11 is 6.68. The maximum atomic E-state index is 6.68. The summed E-state index contributed by atoms with van der Waals surface area (Å²) in [5.74, 6) is 0. The third-order valence-electron chi connectivity index (χ3n) is 4.25. The van der Waals surface area contributed by atoms with Crippen molar-refractivity contribution in [3.63, 3.8) is 0 Å². The van der Waals surface area contributed by atoms with E-state index in [0.29, 0.717) is 0 Å². The summed E-state index contributed by atoms with van der Waals surface area (Å²) in [6.07, 6.45) is 2.09. The number of fused-ring (bicyclic) bond motifs is 1. The summed E-state index contributed by atoms with van der Waals surface area (Å²) in [5, 5.41) is 5.41. The zero-order valence-electron chi connectivity index (χ0n) is 13.3. The third kappa shape index (κ3) is 2.55. The number of benzene rings is 3. The van der Waals surface area contributed by atoms with Crippen LogP contribution in [-0.2, 0) is 7.05 Å². The third-order valence-corrected chi connectivity index (χ3v) is 4.66. The van der Waals surface area contributed by atoms with Crippen molar-refractivity contribution in [1.82, 2.24) is 4.57 Å². The van der Waals surface area contributed by atoms with E-state index in [1.54, 1.807) is 0 Å². The van der Waals surface area contributed by atoms with Crippen molar-refractivity contribution in [2.75, 3.05) is 5.32 Å². The van der Waals surface area contributed by atoms with Gasteiger partial charge in [0, 0.05) is 29.7 Å². The van der Waals surface area contributed by atoms with Crippen LogP contribution in [0.2, 0.25) is 5.02 Å². The molecule has 0 spiro atoms. The molecule has 0 aliphatic heterocycles. The van der Waals surface area contributed by atoms with Crippen molar-refractivity contribution in [2.45, 2.75) is 0 Å². The van der Waals surface area contributed by atoms with Crippen molar-refractivity contribution in [2.24, 2.45) is 7.05 Å². The molecule has 1 aromatic heterocycles. The highest BCUT2D eigenvalue weighted by molar-refractivity contribution is 6.36. The second-order valence-corrected chi connectivity index (χ2v) is 6.21. The number of aryl methyl sites for hydroxylation is 1. The number of nitrogens with one attached hydrogen (secondary N) is 1. The first kappa shape index (κ1) is 14.9. The number of anilines is 2. The van der Waals surface area contributed by atoms with Gasteiger partial charge in [-0.3, -0.25) is 0 Å². The molecular formula is C21H17ClN2. The van der Waals surface area contributed by atoms with E-state index in [9.17, 15) is 0 Å². The number of hydrogen-bond donors (Lipinski definition) is 1. The Balaban J connectivity index is 1.78. The lowest BCUT2D eigenvalue weighted by Crippen LogP contribution is -1.92. The standard InChI is InChI=1S/C21H17ClN2/c1-24-14-19(17-10-5-6-13-20(17)24)23-18-12-7-11-16(21(18)22)15-8-3-2-4-9-15/h2-14,23H,1H3. The molecule has 0 fully saturated rings. The van der Waals surface area contributed by atoms with Crippen LogP contribution in [0.4, 0.5) is 11.4 Å². The predicted octanol–water partition coefficient (Wildman–Crippen LogP) is 6.24. The van der Waals surface area contributed by atoms with E-state index in [1.165, 1.54) is 10.9 Å². The Morgan fingerprint density at radius 2 is 1.54 bits per heavy atom. The summed E-state index contributed by atoms with van der Waals surface area (Å²) < 4.78 is 2.12. The lowest BCUT2D eigenvalue weighted by Gasteiger charge is -2.11. The Hall–Kier alpha value is -2.71. The van der Waals surface area contributed by atoms with Crippen LogP contribution in [0.3, 0.4) is 0 Å². The molecule has 2 nitrogen and oxygen atoms in total. The van der Waals surface area contributed by atoms with Crippen molar-refractivity contribution in [3.8, 4) is 11.1 Å². The van der Waals surface area contributed by atoms with Gasteiger partial charge in [0.25, 0.3) is 0 Å². The average Bonchev–Trinajstić information content (AvgIpc) is 2.94. The molecule has 118 valence electrons. The summed E-state index contributed by atoms with van der Waals surface area (Å²) in [5.41, 5.74) is 5.30. The normalized spacial score (nSPS) is 10.9. The quantitative estimate of drug-likeness (QED) is 0.469. The van der Waals surface area contributed by atoms with E-state index in [1.807, 2.05) is 36.4 Å². The van der Waals surface area contributed by atoms with Crippen LogP contribution in [0.1, 0.15) is 0 Å². The fourth-order valence-corrected chi connectivity index (χ4v) is 3.34. The monoisotopic (exact) mass is 332 g/mol. The highest BCUT2D eigenvalue weighted by atomic mass is 35.5. The second-order valence-electron chi connectivity index (χ2n) is 5.83. The van der Waals surface area contributed by atoms with Gasteiger partial charge in [0.15, 0.2) is 0 Å². The van der Waals surface area contributed by atoms with Gasteiger partial charge in [0.1, 0.15) is 0 Å². The van der Waals surface area contributed by atoms with Crippen molar-refractivity contribution in [1.29, 1.82) is 0 Å². The van der Waals surface area contributed by atoms with Crippen LogP contribution in [0.15, 0.2) is 79.0 Å². The molecule has 0 aliphatic rings. The number of nitrogens with zero attached hydrogens (tertiary/aromatic N) is 1. The summed E-state index contributed by atoms with van der Waals surface area (Å²) in [6, 6.07) is 24.6. The van der Waals surface area contributed by atoms with Crippen LogP contribution in [-0.4, -0.2) is 4.57 Å². The number of hydrogen-bond acceptors (Lipinski definition) is 1. The lowest BCUT2D eigenvalue weighted by atomic mass is 10.0. The maximum Gasteiger partial charge on any atom is 0.0719 e. The van der Waals surface area contributed by atoms with Gasteiger partial charge in [0.2, 0.25) is 0 Å². The van der Waals surface area contributed by atoms with Crippen LogP contribution in [0.25, 0.3) is 22.0 Å². The highest BCUT2D eigenvalue weighted by Gasteiger charge is 2.11. The summed E-state index contributed by atoms with van der Waals surface area (Å²) in [4.78, 5) is 0. The minimum atomic E-state index is 0.733. The molecule has 24 heavy (non-hydrogen) atoms. The fraction of sp³-hybridized carbons (Fsp3) is 0.0476. The molecule has 4 aromatic rings. The smallest absolute Gasteiger partial charge is 0.0719 e. The average molecular weight is 333 g/mol. The molecule has 0 saturated heterocycles. The Kier molecular flexibility index (Phi) is 3.75. The van der Waals surface area contributed by atoms with Crippen molar-refractivity contribution in [3.05, 3.63) is 84.0 Å². The minimum absolute atomic E-state index is 0.733. The van der Waals surface area contributed by atoms with Gasteiger partial charge in [-0.25, -0.2) is 0 Å². The zero-order valence-corrected chi connectivity index (χ0v) is 14.1. The van der Waals surface area contributed by atoms with E-state index in [4.69, 9.17) is 11.6 Å². The Labute approximate surface area is 146 Å². The van der Waals surface area contributed by atoms with E-state index in [0.717, 1.165) is 27.5 Å². The first-order chi connectivity index (χ1) is 11.7. The zero-order chi connectivity index (χ0) is 16.5. The number of para-hydroxylation sites is 1. The van der Waals surface area contributed by atoms with Crippen molar-refractivity contribution < 1.29 is 0 Å².